The summed E-state index contributed by atoms with van der Waals surface area (Å²) in [5, 5.41) is 2.91. The molecule has 0 radical (unpaired) electrons. The molecular formula is C19H22BrN3O3S. The van der Waals surface area contributed by atoms with Gasteiger partial charge in [-0.1, -0.05) is 52.3 Å². The maximum absolute atomic E-state index is 12.6. The molecule has 0 spiro atoms. The number of sulfonamides is 1. The fraction of sp³-hybridized carbons (Fsp3) is 0.316. The zero-order chi connectivity index (χ0) is 19.3. The van der Waals surface area contributed by atoms with Gasteiger partial charge in [-0.2, -0.15) is 4.31 Å². The van der Waals surface area contributed by atoms with Crippen molar-refractivity contribution in [2.75, 3.05) is 32.7 Å². The molecule has 1 N–H and O–H groups in total. The number of amides is 2. The van der Waals surface area contributed by atoms with Crippen LogP contribution in [0, 0.1) is 0 Å². The van der Waals surface area contributed by atoms with Crippen LogP contribution < -0.4 is 5.32 Å². The Kier molecular flexibility index (Phi) is 6.51. The maximum atomic E-state index is 12.6. The Labute approximate surface area is 168 Å². The molecule has 0 unspecified atom stereocenters. The van der Waals surface area contributed by atoms with Crippen molar-refractivity contribution in [2.45, 2.75) is 11.3 Å². The highest BCUT2D eigenvalue weighted by molar-refractivity contribution is 9.10. The van der Waals surface area contributed by atoms with Gasteiger partial charge in [0, 0.05) is 37.2 Å². The van der Waals surface area contributed by atoms with E-state index in [0.717, 1.165) is 16.5 Å². The molecule has 1 heterocycles. The summed E-state index contributed by atoms with van der Waals surface area (Å²) in [6, 6.07) is 16.2. The number of halogens is 1. The summed E-state index contributed by atoms with van der Waals surface area (Å²) >= 11 is 3.50. The Morgan fingerprint density at radius 2 is 1.59 bits per heavy atom. The number of urea groups is 1. The van der Waals surface area contributed by atoms with E-state index in [4.69, 9.17) is 0 Å². The molecule has 144 valence electrons. The van der Waals surface area contributed by atoms with Gasteiger partial charge in [0.25, 0.3) is 0 Å². The predicted octanol–water partition coefficient (Wildman–Crippen LogP) is 2.71. The SMILES string of the molecule is O=C(NCCc1ccccc1Br)N1CCN(S(=O)(=O)c2ccccc2)CC1. The number of piperazine rings is 1. The Bertz CT molecular complexity index is 882. The lowest BCUT2D eigenvalue weighted by Gasteiger charge is -2.34. The van der Waals surface area contributed by atoms with Crippen LogP contribution in [0.1, 0.15) is 5.56 Å². The van der Waals surface area contributed by atoms with E-state index < -0.39 is 10.0 Å². The first-order chi connectivity index (χ1) is 13.0. The quantitative estimate of drug-likeness (QED) is 0.759. The number of rotatable bonds is 5. The lowest BCUT2D eigenvalue weighted by atomic mass is 10.1. The normalized spacial score (nSPS) is 15.5. The Morgan fingerprint density at radius 3 is 2.26 bits per heavy atom. The smallest absolute Gasteiger partial charge is 0.317 e. The van der Waals surface area contributed by atoms with Crippen LogP contribution in [-0.2, 0) is 16.4 Å². The molecule has 0 atom stereocenters. The van der Waals surface area contributed by atoms with E-state index in [9.17, 15) is 13.2 Å². The van der Waals surface area contributed by atoms with Crippen molar-refractivity contribution in [3.63, 3.8) is 0 Å². The molecule has 3 rings (SSSR count). The molecule has 1 aliphatic rings. The van der Waals surface area contributed by atoms with Crippen LogP contribution in [-0.4, -0.2) is 56.4 Å². The summed E-state index contributed by atoms with van der Waals surface area (Å²) in [5.74, 6) is 0. The second-order valence-electron chi connectivity index (χ2n) is 6.28. The van der Waals surface area contributed by atoms with Gasteiger partial charge < -0.3 is 10.2 Å². The standard InChI is InChI=1S/C19H22BrN3O3S/c20-18-9-5-4-6-16(18)10-11-21-19(24)22-12-14-23(15-13-22)27(25,26)17-7-2-1-3-8-17/h1-9H,10-15H2,(H,21,24). The van der Waals surface area contributed by atoms with E-state index in [0.29, 0.717) is 32.7 Å². The van der Waals surface area contributed by atoms with Gasteiger partial charge in [-0.3, -0.25) is 0 Å². The van der Waals surface area contributed by atoms with Crippen molar-refractivity contribution in [1.29, 1.82) is 0 Å². The zero-order valence-electron chi connectivity index (χ0n) is 14.8. The van der Waals surface area contributed by atoms with E-state index in [1.807, 2.05) is 24.3 Å². The number of nitrogens with one attached hydrogen (secondary N) is 1. The average Bonchev–Trinajstić information content (AvgIpc) is 2.70. The molecule has 27 heavy (non-hydrogen) atoms. The summed E-state index contributed by atoms with van der Waals surface area (Å²) < 4.78 is 27.7. The molecule has 0 aromatic heterocycles. The summed E-state index contributed by atoms with van der Waals surface area (Å²) in [7, 11) is -3.50. The van der Waals surface area contributed by atoms with Gasteiger partial charge in [0.05, 0.1) is 4.90 Å². The number of carbonyl (C=O) groups excluding carboxylic acids is 1. The van der Waals surface area contributed by atoms with E-state index in [1.165, 1.54) is 4.31 Å². The van der Waals surface area contributed by atoms with Gasteiger partial charge in [-0.05, 0) is 30.2 Å². The third kappa shape index (κ3) is 4.88. The average molecular weight is 452 g/mol. The number of hydrogen-bond acceptors (Lipinski definition) is 3. The fourth-order valence-corrected chi connectivity index (χ4v) is 4.92. The largest absolute Gasteiger partial charge is 0.338 e. The Hall–Kier alpha value is -1.90. The van der Waals surface area contributed by atoms with Crippen LogP contribution >= 0.6 is 15.9 Å². The van der Waals surface area contributed by atoms with E-state index in [1.54, 1.807) is 35.2 Å². The topological polar surface area (TPSA) is 69.7 Å². The minimum Gasteiger partial charge on any atom is -0.338 e. The molecule has 8 heteroatoms. The van der Waals surface area contributed by atoms with Gasteiger partial charge >= 0.3 is 6.03 Å². The summed E-state index contributed by atoms with van der Waals surface area (Å²) in [4.78, 5) is 14.3. The highest BCUT2D eigenvalue weighted by Gasteiger charge is 2.29. The van der Waals surface area contributed by atoms with Gasteiger partial charge in [-0.25, -0.2) is 13.2 Å². The third-order valence-electron chi connectivity index (χ3n) is 4.54. The molecule has 0 bridgehead atoms. The minimum absolute atomic E-state index is 0.154. The van der Waals surface area contributed by atoms with E-state index in [2.05, 4.69) is 21.2 Å². The van der Waals surface area contributed by atoms with Crippen molar-refractivity contribution >= 4 is 32.0 Å². The van der Waals surface area contributed by atoms with Crippen molar-refractivity contribution in [3.05, 3.63) is 64.6 Å². The first kappa shape index (κ1) is 19.9. The van der Waals surface area contributed by atoms with Crippen LogP contribution in [0.15, 0.2) is 64.0 Å². The molecule has 1 saturated heterocycles. The van der Waals surface area contributed by atoms with Crippen molar-refractivity contribution in [1.82, 2.24) is 14.5 Å². The molecule has 2 aromatic carbocycles. The predicted molar refractivity (Wildman–Crippen MR) is 108 cm³/mol. The maximum Gasteiger partial charge on any atom is 0.317 e. The van der Waals surface area contributed by atoms with Gasteiger partial charge in [0.2, 0.25) is 10.0 Å². The van der Waals surface area contributed by atoms with E-state index in [-0.39, 0.29) is 10.9 Å². The van der Waals surface area contributed by atoms with E-state index >= 15 is 0 Å². The number of benzene rings is 2. The number of hydrogen-bond donors (Lipinski definition) is 1. The van der Waals surface area contributed by atoms with Crippen molar-refractivity contribution < 1.29 is 13.2 Å². The highest BCUT2D eigenvalue weighted by atomic mass is 79.9. The minimum atomic E-state index is -3.50. The van der Waals surface area contributed by atoms with Crippen LogP contribution in [0.2, 0.25) is 0 Å². The molecule has 2 aromatic rings. The van der Waals surface area contributed by atoms with Crippen LogP contribution in [0.25, 0.3) is 0 Å². The van der Waals surface area contributed by atoms with Gasteiger partial charge in [-0.15, -0.1) is 0 Å². The summed E-state index contributed by atoms with van der Waals surface area (Å²) in [6.07, 6.45) is 0.732. The monoisotopic (exact) mass is 451 g/mol. The molecule has 0 aliphatic carbocycles. The number of nitrogens with zero attached hydrogens (tertiary/aromatic N) is 2. The van der Waals surface area contributed by atoms with Gasteiger partial charge in [0.15, 0.2) is 0 Å². The van der Waals surface area contributed by atoms with Crippen LogP contribution in [0.3, 0.4) is 0 Å². The molecule has 6 nitrogen and oxygen atoms in total. The second kappa shape index (κ2) is 8.86. The molecule has 2 amide bonds. The van der Waals surface area contributed by atoms with Gasteiger partial charge in [0.1, 0.15) is 0 Å². The Balaban J connectivity index is 1.49. The summed E-state index contributed by atoms with van der Waals surface area (Å²) in [6.45, 7) is 1.90. The molecule has 1 aliphatic heterocycles. The third-order valence-corrected chi connectivity index (χ3v) is 7.22. The van der Waals surface area contributed by atoms with Crippen LogP contribution in [0.5, 0.6) is 0 Å². The lowest BCUT2D eigenvalue weighted by Crippen LogP contribution is -2.53. The molecule has 1 fully saturated rings. The fourth-order valence-electron chi connectivity index (χ4n) is 2.99. The summed E-state index contributed by atoms with van der Waals surface area (Å²) in [5.41, 5.74) is 1.14. The Morgan fingerprint density at radius 1 is 0.963 bits per heavy atom. The number of carbonyl (C=O) groups is 1. The second-order valence-corrected chi connectivity index (χ2v) is 9.07. The highest BCUT2D eigenvalue weighted by Crippen LogP contribution is 2.18. The molecular weight excluding hydrogens is 430 g/mol. The first-order valence-corrected chi connectivity index (χ1v) is 11.0. The van der Waals surface area contributed by atoms with Crippen molar-refractivity contribution in [2.24, 2.45) is 0 Å². The first-order valence-electron chi connectivity index (χ1n) is 8.80. The van der Waals surface area contributed by atoms with Crippen LogP contribution in [0.4, 0.5) is 4.79 Å². The molecule has 0 saturated carbocycles. The zero-order valence-corrected chi connectivity index (χ0v) is 17.2. The lowest BCUT2D eigenvalue weighted by molar-refractivity contribution is 0.172. The van der Waals surface area contributed by atoms with Crippen molar-refractivity contribution in [3.8, 4) is 0 Å².